The molecule has 2 aromatic rings. The van der Waals surface area contributed by atoms with Gasteiger partial charge in [-0.1, -0.05) is 65.5 Å². The predicted octanol–water partition coefficient (Wildman–Crippen LogP) is 9.39. The molecule has 0 fully saturated rings. The first-order valence-electron chi connectivity index (χ1n) is 13.9. The van der Waals surface area contributed by atoms with Gasteiger partial charge in [-0.15, -0.1) is 13.2 Å². The lowest BCUT2D eigenvalue weighted by Gasteiger charge is -2.26. The molecule has 7 heteroatoms. The van der Waals surface area contributed by atoms with Crippen molar-refractivity contribution in [2.24, 2.45) is 0 Å². The van der Waals surface area contributed by atoms with Crippen molar-refractivity contribution in [1.82, 2.24) is 0 Å². The van der Waals surface area contributed by atoms with Gasteiger partial charge in [-0.25, -0.2) is 0 Å². The highest BCUT2D eigenvalue weighted by molar-refractivity contribution is 7.99. The molecule has 0 aromatic heterocycles. The molecule has 224 valence electrons. The van der Waals surface area contributed by atoms with Gasteiger partial charge in [-0.05, 0) is 72.9 Å². The average Bonchev–Trinajstić information content (AvgIpc) is 2.80. The fourth-order valence-corrected chi connectivity index (χ4v) is 5.89. The zero-order valence-electron chi connectivity index (χ0n) is 25.8. The first kappa shape index (κ1) is 35.1. The number of hydrogen-bond donors (Lipinski definition) is 2. The first-order valence-corrected chi connectivity index (χ1v) is 15.8. The summed E-state index contributed by atoms with van der Waals surface area (Å²) in [5.41, 5.74) is 3.43. The molecule has 0 bridgehead atoms. The summed E-state index contributed by atoms with van der Waals surface area (Å²) < 4.78 is 11.7. The van der Waals surface area contributed by atoms with E-state index in [2.05, 4.69) is 92.1 Å². The van der Waals surface area contributed by atoms with E-state index < -0.39 is 0 Å². The van der Waals surface area contributed by atoms with Crippen molar-refractivity contribution < 1.29 is 19.1 Å². The van der Waals surface area contributed by atoms with Gasteiger partial charge in [0.25, 0.3) is 0 Å². The number of aryl methyl sites for hydroxylation is 2. The summed E-state index contributed by atoms with van der Waals surface area (Å²) in [6.07, 6.45) is 5.21. The molecule has 0 heterocycles. The molecule has 0 radical (unpaired) electrons. The summed E-state index contributed by atoms with van der Waals surface area (Å²) in [4.78, 5) is 27.5. The van der Waals surface area contributed by atoms with E-state index in [1.807, 2.05) is 26.0 Å². The van der Waals surface area contributed by atoms with Gasteiger partial charge in [0.2, 0.25) is 0 Å². The van der Waals surface area contributed by atoms with Gasteiger partial charge < -0.3 is 9.47 Å². The lowest BCUT2D eigenvalue weighted by Crippen LogP contribution is -2.19. The number of hydrogen-bond acceptors (Lipinski definition) is 7. The standard InChI is InChI=1S/C34H46O4S3/c1-11-13-23(39)17-31(35)37-27-15-21(3)29(19-25(27)33(5,6)7)41-30-20-26(34(8,9)10)28(16-22(30)4)38-32(36)18-24(40)14-12-2/h11-12,15-16,19-20,23-24,39-40H,1-2,13-14,17-18H2,3-10H3. The van der Waals surface area contributed by atoms with E-state index in [0.717, 1.165) is 32.0 Å². The van der Waals surface area contributed by atoms with Gasteiger partial charge in [-0.2, -0.15) is 25.3 Å². The van der Waals surface area contributed by atoms with Crippen molar-refractivity contribution in [3.8, 4) is 11.5 Å². The molecule has 0 aliphatic heterocycles. The molecule has 0 saturated heterocycles. The topological polar surface area (TPSA) is 52.6 Å². The molecule has 0 amide bonds. The second-order valence-electron chi connectivity index (χ2n) is 12.5. The van der Waals surface area contributed by atoms with Crippen molar-refractivity contribution in [2.75, 3.05) is 0 Å². The number of benzene rings is 2. The minimum Gasteiger partial charge on any atom is -0.426 e. The number of esters is 2. The van der Waals surface area contributed by atoms with Crippen LogP contribution in [0.2, 0.25) is 0 Å². The quantitative estimate of drug-likeness (QED) is 0.108. The van der Waals surface area contributed by atoms with Crippen molar-refractivity contribution in [2.45, 2.75) is 112 Å². The van der Waals surface area contributed by atoms with E-state index >= 15 is 0 Å². The zero-order valence-corrected chi connectivity index (χ0v) is 28.4. The summed E-state index contributed by atoms with van der Waals surface area (Å²) in [6.45, 7) is 24.2. The molecule has 0 aliphatic carbocycles. The predicted molar refractivity (Wildman–Crippen MR) is 180 cm³/mol. The number of ether oxygens (including phenoxy) is 2. The molecule has 4 nitrogen and oxygen atoms in total. The Morgan fingerprint density at radius 2 is 1.10 bits per heavy atom. The number of allylic oxidation sites excluding steroid dienone is 2. The largest absolute Gasteiger partial charge is 0.426 e. The number of thiol groups is 2. The molecule has 0 saturated carbocycles. The van der Waals surface area contributed by atoms with E-state index in [1.165, 1.54) is 0 Å². The van der Waals surface area contributed by atoms with Crippen LogP contribution < -0.4 is 9.47 Å². The van der Waals surface area contributed by atoms with Crippen LogP contribution in [0.25, 0.3) is 0 Å². The molecule has 0 N–H and O–H groups in total. The highest BCUT2D eigenvalue weighted by atomic mass is 32.2. The maximum Gasteiger partial charge on any atom is 0.312 e. The molecular formula is C34H46O4S3. The van der Waals surface area contributed by atoms with Crippen molar-refractivity contribution >= 4 is 49.0 Å². The molecule has 0 spiro atoms. The monoisotopic (exact) mass is 614 g/mol. The van der Waals surface area contributed by atoms with Crippen LogP contribution in [-0.2, 0) is 20.4 Å². The maximum atomic E-state index is 12.7. The Morgan fingerprint density at radius 3 is 1.39 bits per heavy atom. The third-order valence-electron chi connectivity index (χ3n) is 6.52. The Bertz CT molecular complexity index is 1170. The minimum atomic E-state index is -0.304. The van der Waals surface area contributed by atoms with Crippen molar-refractivity contribution in [3.05, 3.63) is 71.8 Å². The number of carbonyl (C=O) groups is 2. The van der Waals surface area contributed by atoms with Gasteiger partial charge in [0.05, 0.1) is 12.8 Å². The van der Waals surface area contributed by atoms with Crippen LogP contribution in [0, 0.1) is 13.8 Å². The third kappa shape index (κ3) is 10.6. The summed E-state index contributed by atoms with van der Waals surface area (Å²) in [7, 11) is 0. The highest BCUT2D eigenvalue weighted by Gasteiger charge is 2.26. The summed E-state index contributed by atoms with van der Waals surface area (Å²) in [5.74, 6) is 0.553. The molecule has 0 aliphatic rings. The van der Waals surface area contributed by atoms with Crippen LogP contribution in [0.1, 0.15) is 89.5 Å². The normalized spacial score (nSPS) is 13.3. The average molecular weight is 615 g/mol. The minimum absolute atomic E-state index is 0.122. The van der Waals surface area contributed by atoms with E-state index in [9.17, 15) is 9.59 Å². The van der Waals surface area contributed by atoms with Crippen molar-refractivity contribution in [1.29, 1.82) is 0 Å². The third-order valence-corrected chi connectivity index (χ3v) is 8.63. The second kappa shape index (κ2) is 14.9. The Morgan fingerprint density at radius 1 is 0.756 bits per heavy atom. The lowest BCUT2D eigenvalue weighted by atomic mass is 9.85. The van der Waals surface area contributed by atoms with Crippen LogP contribution in [0.5, 0.6) is 11.5 Å². The fourth-order valence-electron chi connectivity index (χ4n) is 4.27. The van der Waals surface area contributed by atoms with Crippen LogP contribution in [0.3, 0.4) is 0 Å². The van der Waals surface area contributed by atoms with Crippen molar-refractivity contribution in [3.63, 3.8) is 0 Å². The van der Waals surface area contributed by atoms with Crippen LogP contribution in [0.4, 0.5) is 0 Å². The van der Waals surface area contributed by atoms with Gasteiger partial charge in [0.1, 0.15) is 11.5 Å². The molecular weight excluding hydrogens is 569 g/mol. The summed E-state index contributed by atoms with van der Waals surface area (Å²) >= 11 is 10.6. The van der Waals surface area contributed by atoms with Gasteiger partial charge in [0.15, 0.2) is 0 Å². The summed E-state index contributed by atoms with van der Waals surface area (Å²) in [6, 6.07) is 8.16. The smallest absolute Gasteiger partial charge is 0.312 e. The SMILES string of the molecule is C=CCC(S)CC(=O)Oc1cc(C)c(Sc2cc(C(C)(C)C)c(OC(=O)CC(S)CC=C)cc2C)cc1C(C)(C)C. The van der Waals surface area contributed by atoms with Crippen LogP contribution in [0.15, 0.2) is 59.4 Å². The Labute approximate surface area is 262 Å². The Balaban J connectivity index is 2.45. The highest BCUT2D eigenvalue weighted by Crippen LogP contribution is 2.43. The van der Waals surface area contributed by atoms with Gasteiger partial charge in [-0.3, -0.25) is 9.59 Å². The van der Waals surface area contributed by atoms with Gasteiger partial charge >= 0.3 is 11.9 Å². The lowest BCUT2D eigenvalue weighted by molar-refractivity contribution is -0.135. The molecule has 2 atom stereocenters. The second-order valence-corrected chi connectivity index (χ2v) is 15.1. The number of rotatable bonds is 12. The first-order chi connectivity index (χ1) is 19.0. The van der Waals surface area contributed by atoms with Crippen LogP contribution >= 0.6 is 37.0 Å². The Kier molecular flexibility index (Phi) is 12.7. The summed E-state index contributed by atoms with van der Waals surface area (Å²) in [5, 5.41) is -0.245. The maximum absolute atomic E-state index is 12.7. The number of carbonyl (C=O) groups excluding carboxylic acids is 2. The van der Waals surface area contributed by atoms with E-state index in [0.29, 0.717) is 24.3 Å². The van der Waals surface area contributed by atoms with E-state index in [4.69, 9.17) is 9.47 Å². The molecule has 2 rings (SSSR count). The fraction of sp³-hybridized carbons (Fsp3) is 0.471. The zero-order chi connectivity index (χ0) is 31.1. The molecule has 2 unspecified atom stereocenters. The van der Waals surface area contributed by atoms with E-state index in [1.54, 1.807) is 23.9 Å². The van der Waals surface area contributed by atoms with Crippen LogP contribution in [-0.4, -0.2) is 22.4 Å². The van der Waals surface area contributed by atoms with Gasteiger partial charge in [0, 0.05) is 31.4 Å². The molecule has 41 heavy (non-hydrogen) atoms. The van der Waals surface area contributed by atoms with E-state index in [-0.39, 0.29) is 46.1 Å². The molecule has 2 aromatic carbocycles. The Hall–Kier alpha value is -2.09.